The number of ether oxygens (including phenoxy) is 1. The lowest BCUT2D eigenvalue weighted by Crippen LogP contribution is -2.38. The number of nitrogens with zero attached hydrogens (tertiary/aromatic N) is 1. The molecule has 1 aromatic carbocycles. The molecule has 1 heterocycles. The van der Waals surface area contributed by atoms with E-state index in [0.717, 1.165) is 5.56 Å². The van der Waals surface area contributed by atoms with E-state index >= 15 is 0 Å². The molecule has 0 saturated heterocycles. The number of nitrogens with two attached hydrogens (primary N) is 1. The van der Waals surface area contributed by atoms with Gasteiger partial charge in [-0.1, -0.05) is 6.07 Å². The zero-order valence-corrected chi connectivity index (χ0v) is 10.7. The highest BCUT2D eigenvalue weighted by Crippen LogP contribution is 2.32. The van der Waals surface area contributed by atoms with E-state index in [1.165, 1.54) is 0 Å². The third-order valence-corrected chi connectivity index (χ3v) is 2.92. The molecule has 1 amide bonds. The molecule has 1 aliphatic heterocycles. The third-order valence-electron chi connectivity index (χ3n) is 2.92. The van der Waals surface area contributed by atoms with Crippen LogP contribution in [-0.2, 0) is 4.79 Å². The maximum absolute atomic E-state index is 11.6. The van der Waals surface area contributed by atoms with Crippen molar-refractivity contribution in [3.05, 3.63) is 23.8 Å². The second-order valence-electron chi connectivity index (χ2n) is 4.54. The van der Waals surface area contributed by atoms with Crippen molar-refractivity contribution in [2.45, 2.75) is 19.2 Å². The minimum Gasteiger partial charge on any atom is -0.479 e. The molecule has 1 aliphatic rings. The van der Waals surface area contributed by atoms with Crippen LogP contribution in [0.5, 0.6) is 5.75 Å². The van der Waals surface area contributed by atoms with Gasteiger partial charge in [0.25, 0.3) is 5.91 Å². The van der Waals surface area contributed by atoms with E-state index < -0.39 is 6.10 Å². The van der Waals surface area contributed by atoms with Crippen molar-refractivity contribution in [1.82, 2.24) is 10.3 Å². The fourth-order valence-electron chi connectivity index (χ4n) is 1.94. The molecule has 0 radical (unpaired) electrons. The van der Waals surface area contributed by atoms with Crippen LogP contribution in [0.15, 0.2) is 18.2 Å². The van der Waals surface area contributed by atoms with Gasteiger partial charge in [0.15, 0.2) is 6.10 Å². The van der Waals surface area contributed by atoms with E-state index in [1.54, 1.807) is 6.92 Å². The predicted molar refractivity (Wildman–Crippen MR) is 68.9 cm³/mol. The van der Waals surface area contributed by atoms with Gasteiger partial charge in [-0.2, -0.15) is 0 Å². The molecular weight excluding hydrogens is 232 g/mol. The minimum atomic E-state index is -0.458. The average Bonchev–Trinajstić information content (AvgIpc) is 2.31. The zero-order chi connectivity index (χ0) is 13.3. The molecular formula is C12H18N4O2. The van der Waals surface area contributed by atoms with Gasteiger partial charge >= 0.3 is 0 Å². The molecule has 18 heavy (non-hydrogen) atoms. The van der Waals surface area contributed by atoms with Gasteiger partial charge in [0.2, 0.25) is 0 Å². The molecule has 0 spiro atoms. The number of rotatable bonds is 3. The molecule has 98 valence electrons. The van der Waals surface area contributed by atoms with Crippen molar-refractivity contribution in [3.8, 4) is 5.75 Å². The molecule has 1 aromatic rings. The maximum atomic E-state index is 11.6. The van der Waals surface area contributed by atoms with E-state index in [-0.39, 0.29) is 12.1 Å². The van der Waals surface area contributed by atoms with Crippen LogP contribution in [0.2, 0.25) is 0 Å². The van der Waals surface area contributed by atoms with Crippen LogP contribution in [0, 0.1) is 0 Å². The number of carbonyl (C=O) groups is 1. The lowest BCUT2D eigenvalue weighted by molar-refractivity contribution is -0.122. The summed E-state index contributed by atoms with van der Waals surface area (Å²) in [5.74, 6) is 6.06. The highest BCUT2D eigenvalue weighted by molar-refractivity contribution is 5.97. The summed E-state index contributed by atoms with van der Waals surface area (Å²) in [5, 5.41) is 2.82. The van der Waals surface area contributed by atoms with Crippen molar-refractivity contribution < 1.29 is 9.53 Å². The number of nitrogens with one attached hydrogen (secondary N) is 2. The normalized spacial score (nSPS) is 20.1. The second kappa shape index (κ2) is 4.93. The van der Waals surface area contributed by atoms with Crippen molar-refractivity contribution in [2.24, 2.45) is 5.84 Å². The van der Waals surface area contributed by atoms with Crippen molar-refractivity contribution in [3.63, 3.8) is 0 Å². The lowest BCUT2D eigenvalue weighted by atomic mass is 10.1. The number of fused-ring (bicyclic) bond motifs is 1. The number of anilines is 1. The van der Waals surface area contributed by atoms with Crippen LogP contribution in [0.3, 0.4) is 0 Å². The first-order valence-electron chi connectivity index (χ1n) is 5.77. The summed E-state index contributed by atoms with van der Waals surface area (Å²) in [5.41, 5.74) is 4.35. The Labute approximate surface area is 106 Å². The highest BCUT2D eigenvalue weighted by atomic mass is 16.5. The highest BCUT2D eigenvalue weighted by Gasteiger charge is 2.24. The van der Waals surface area contributed by atoms with Crippen LogP contribution in [0.4, 0.5) is 5.69 Å². The SMILES string of the molecule is CC1Oc2ccc(C(NN)N(C)C)cc2NC1=O. The Morgan fingerprint density at radius 3 is 2.83 bits per heavy atom. The monoisotopic (exact) mass is 250 g/mol. The molecule has 2 unspecified atom stereocenters. The number of benzene rings is 1. The Morgan fingerprint density at radius 1 is 1.50 bits per heavy atom. The smallest absolute Gasteiger partial charge is 0.265 e. The Balaban J connectivity index is 2.32. The Hall–Kier alpha value is -1.63. The summed E-state index contributed by atoms with van der Waals surface area (Å²) in [6.45, 7) is 1.72. The number of hydrogen-bond acceptors (Lipinski definition) is 5. The molecule has 6 heteroatoms. The fourth-order valence-corrected chi connectivity index (χ4v) is 1.94. The maximum Gasteiger partial charge on any atom is 0.265 e. The van der Waals surface area contributed by atoms with Gasteiger partial charge in [-0.3, -0.25) is 15.5 Å². The first-order valence-corrected chi connectivity index (χ1v) is 5.77. The Morgan fingerprint density at radius 2 is 2.22 bits per heavy atom. The predicted octanol–water partition coefficient (Wildman–Crippen LogP) is 0.429. The van der Waals surface area contributed by atoms with Crippen LogP contribution in [0.25, 0.3) is 0 Å². The summed E-state index contributed by atoms with van der Waals surface area (Å²) in [6.07, 6.45) is -0.577. The summed E-state index contributed by atoms with van der Waals surface area (Å²) < 4.78 is 5.50. The Bertz CT molecular complexity index is 461. The van der Waals surface area contributed by atoms with Gasteiger partial charge in [0.05, 0.1) is 11.9 Å². The summed E-state index contributed by atoms with van der Waals surface area (Å²) in [6, 6.07) is 5.63. The standard InChI is InChI=1S/C12H18N4O2/c1-7-12(17)14-9-6-8(4-5-10(9)18-7)11(15-13)16(2)3/h4-7,11,15H,13H2,1-3H3,(H,14,17). The molecule has 0 saturated carbocycles. The number of amides is 1. The topological polar surface area (TPSA) is 79.6 Å². The van der Waals surface area contributed by atoms with E-state index in [1.807, 2.05) is 37.2 Å². The second-order valence-corrected chi connectivity index (χ2v) is 4.54. The number of hydrogen-bond donors (Lipinski definition) is 3. The van der Waals surface area contributed by atoms with Gasteiger partial charge < -0.3 is 10.1 Å². The lowest BCUT2D eigenvalue weighted by Gasteiger charge is -2.27. The summed E-state index contributed by atoms with van der Waals surface area (Å²) >= 11 is 0. The van der Waals surface area contributed by atoms with Crippen LogP contribution < -0.4 is 21.3 Å². The first-order chi connectivity index (χ1) is 8.52. The summed E-state index contributed by atoms with van der Waals surface area (Å²) in [7, 11) is 3.84. The Kier molecular flexibility index (Phi) is 3.51. The van der Waals surface area contributed by atoms with E-state index in [4.69, 9.17) is 10.6 Å². The molecule has 0 fully saturated rings. The molecule has 0 aromatic heterocycles. The quantitative estimate of drug-likeness (QED) is 0.412. The van der Waals surface area contributed by atoms with Gasteiger partial charge in [0, 0.05) is 0 Å². The largest absolute Gasteiger partial charge is 0.479 e. The van der Waals surface area contributed by atoms with Crippen molar-refractivity contribution in [2.75, 3.05) is 19.4 Å². The fraction of sp³-hybridized carbons (Fsp3) is 0.417. The van der Waals surface area contributed by atoms with Crippen molar-refractivity contribution >= 4 is 11.6 Å². The molecule has 0 bridgehead atoms. The van der Waals surface area contributed by atoms with E-state index in [0.29, 0.717) is 11.4 Å². The van der Waals surface area contributed by atoms with Gasteiger partial charge in [-0.05, 0) is 38.7 Å². The molecule has 4 N–H and O–H groups in total. The van der Waals surface area contributed by atoms with Gasteiger partial charge in [0.1, 0.15) is 5.75 Å². The average molecular weight is 250 g/mol. The molecule has 6 nitrogen and oxygen atoms in total. The summed E-state index contributed by atoms with van der Waals surface area (Å²) in [4.78, 5) is 13.5. The van der Waals surface area contributed by atoms with Gasteiger partial charge in [-0.15, -0.1) is 0 Å². The van der Waals surface area contributed by atoms with E-state index in [9.17, 15) is 4.79 Å². The van der Waals surface area contributed by atoms with Crippen LogP contribution in [-0.4, -0.2) is 31.0 Å². The first kappa shape index (κ1) is 12.8. The number of hydrazine groups is 1. The number of carbonyl (C=O) groups excluding carboxylic acids is 1. The third kappa shape index (κ3) is 2.31. The van der Waals surface area contributed by atoms with Crippen molar-refractivity contribution in [1.29, 1.82) is 0 Å². The van der Waals surface area contributed by atoms with Crippen LogP contribution >= 0.6 is 0 Å². The molecule has 0 aliphatic carbocycles. The molecule has 2 rings (SSSR count). The molecule has 2 atom stereocenters. The minimum absolute atomic E-state index is 0.119. The van der Waals surface area contributed by atoms with Gasteiger partial charge in [-0.25, -0.2) is 5.43 Å². The van der Waals surface area contributed by atoms with E-state index in [2.05, 4.69) is 10.7 Å². The van der Waals surface area contributed by atoms with Crippen LogP contribution in [0.1, 0.15) is 18.7 Å². The zero-order valence-electron chi connectivity index (χ0n) is 10.7.